The second-order valence-electron chi connectivity index (χ2n) is 6.48. The van der Waals surface area contributed by atoms with Crippen molar-refractivity contribution >= 4 is 17.2 Å². The molecule has 0 radical (unpaired) electrons. The zero-order chi connectivity index (χ0) is 15.6. The van der Waals surface area contributed by atoms with Crippen molar-refractivity contribution in [3.05, 3.63) is 34.3 Å². The van der Waals surface area contributed by atoms with Gasteiger partial charge in [-0.05, 0) is 43.0 Å². The molecule has 5 nitrogen and oxygen atoms in total. The van der Waals surface area contributed by atoms with E-state index in [1.54, 1.807) is 6.20 Å². The van der Waals surface area contributed by atoms with E-state index in [-0.39, 0.29) is 5.91 Å². The summed E-state index contributed by atoms with van der Waals surface area (Å²) in [5.74, 6) is 1.12. The number of hydrogen-bond donors (Lipinski definition) is 2. The van der Waals surface area contributed by atoms with E-state index in [9.17, 15) is 4.79 Å². The summed E-state index contributed by atoms with van der Waals surface area (Å²) in [6.45, 7) is 4.38. The number of carbonyl (C=O) groups excluding carboxylic acids is 1. The molecule has 0 aliphatic heterocycles. The van der Waals surface area contributed by atoms with Crippen molar-refractivity contribution in [1.29, 1.82) is 0 Å². The molecule has 0 bridgehead atoms. The minimum absolute atomic E-state index is 0.0367. The molecule has 2 heterocycles. The molecule has 3 rings (SSSR count). The van der Waals surface area contributed by atoms with Crippen molar-refractivity contribution in [2.75, 3.05) is 0 Å². The molecule has 118 valence electrons. The molecule has 1 unspecified atom stereocenters. The van der Waals surface area contributed by atoms with Crippen molar-refractivity contribution in [3.8, 4) is 0 Å². The summed E-state index contributed by atoms with van der Waals surface area (Å²) in [5, 5.41) is 17.9. The number of aromatic amines is 1. The molecule has 1 fully saturated rings. The van der Waals surface area contributed by atoms with E-state index in [4.69, 9.17) is 0 Å². The Balaban J connectivity index is 1.85. The molecular weight excluding hydrogens is 296 g/mol. The van der Waals surface area contributed by atoms with Crippen LogP contribution < -0.4 is 5.32 Å². The maximum atomic E-state index is 12.6. The standard InChI is InChI=1S/C16H22N4OS/c1-11-3-5-13(6-4-11)16(2,14-9-17-20-19-14)18-15(21)12-7-8-22-10-12/h7-11,13H,3-6H2,1-2H3,(H,18,21)(H,17,19,20). The topological polar surface area (TPSA) is 70.7 Å². The first-order valence-corrected chi connectivity index (χ1v) is 8.75. The molecule has 1 atom stereocenters. The Bertz CT molecular complexity index is 602. The molecule has 0 spiro atoms. The number of amides is 1. The zero-order valence-corrected chi connectivity index (χ0v) is 13.8. The maximum Gasteiger partial charge on any atom is 0.252 e. The van der Waals surface area contributed by atoms with Crippen LogP contribution in [0.5, 0.6) is 0 Å². The number of H-pyrrole nitrogens is 1. The number of aromatic nitrogens is 3. The molecule has 2 N–H and O–H groups in total. The first kappa shape index (κ1) is 15.2. The predicted octanol–water partition coefficient (Wildman–Crippen LogP) is 3.34. The highest BCUT2D eigenvalue weighted by Crippen LogP contribution is 2.40. The van der Waals surface area contributed by atoms with E-state index in [1.165, 1.54) is 24.2 Å². The van der Waals surface area contributed by atoms with Crippen LogP contribution in [0.2, 0.25) is 0 Å². The van der Waals surface area contributed by atoms with Gasteiger partial charge in [-0.1, -0.05) is 19.8 Å². The van der Waals surface area contributed by atoms with E-state index in [0.717, 1.165) is 24.5 Å². The average Bonchev–Trinajstić information content (AvgIpc) is 3.21. The van der Waals surface area contributed by atoms with E-state index in [2.05, 4.69) is 34.6 Å². The molecule has 1 saturated carbocycles. The van der Waals surface area contributed by atoms with E-state index in [1.807, 2.05) is 16.8 Å². The fourth-order valence-electron chi connectivity index (χ4n) is 3.37. The van der Waals surface area contributed by atoms with Gasteiger partial charge >= 0.3 is 0 Å². The normalized spacial score (nSPS) is 24.6. The SMILES string of the molecule is CC1CCC(C(C)(NC(=O)c2ccsc2)c2cn[nH]n2)CC1. The van der Waals surface area contributed by atoms with Crippen LogP contribution in [0, 0.1) is 11.8 Å². The summed E-state index contributed by atoms with van der Waals surface area (Å²) in [7, 11) is 0. The largest absolute Gasteiger partial charge is 0.341 e. The highest BCUT2D eigenvalue weighted by molar-refractivity contribution is 7.08. The van der Waals surface area contributed by atoms with Gasteiger partial charge in [-0.2, -0.15) is 26.7 Å². The van der Waals surface area contributed by atoms with Crippen LogP contribution in [-0.2, 0) is 5.54 Å². The molecule has 1 amide bonds. The van der Waals surface area contributed by atoms with Gasteiger partial charge in [-0.25, -0.2) is 0 Å². The summed E-state index contributed by atoms with van der Waals surface area (Å²) in [6, 6.07) is 1.85. The summed E-state index contributed by atoms with van der Waals surface area (Å²) in [4.78, 5) is 12.6. The van der Waals surface area contributed by atoms with Crippen molar-refractivity contribution in [2.45, 2.75) is 45.1 Å². The smallest absolute Gasteiger partial charge is 0.252 e. The number of carbonyl (C=O) groups is 1. The Labute approximate surface area is 134 Å². The van der Waals surface area contributed by atoms with Gasteiger partial charge in [0, 0.05) is 5.38 Å². The van der Waals surface area contributed by atoms with Gasteiger partial charge < -0.3 is 5.32 Å². The second-order valence-corrected chi connectivity index (χ2v) is 7.26. The number of nitrogens with zero attached hydrogens (tertiary/aromatic N) is 2. The molecule has 22 heavy (non-hydrogen) atoms. The van der Waals surface area contributed by atoms with Crippen molar-refractivity contribution in [2.24, 2.45) is 11.8 Å². The van der Waals surface area contributed by atoms with Gasteiger partial charge in [0.05, 0.1) is 17.3 Å². The lowest BCUT2D eigenvalue weighted by Crippen LogP contribution is -2.50. The number of rotatable bonds is 4. The Morgan fingerprint density at radius 1 is 1.41 bits per heavy atom. The molecule has 6 heteroatoms. The van der Waals surface area contributed by atoms with Crippen LogP contribution in [0.4, 0.5) is 0 Å². The van der Waals surface area contributed by atoms with Crippen molar-refractivity contribution in [3.63, 3.8) is 0 Å². The first-order chi connectivity index (χ1) is 10.6. The van der Waals surface area contributed by atoms with Crippen LogP contribution in [0.25, 0.3) is 0 Å². The molecule has 2 aromatic heterocycles. The highest BCUT2D eigenvalue weighted by Gasteiger charge is 2.41. The molecule has 1 aliphatic rings. The lowest BCUT2D eigenvalue weighted by Gasteiger charge is -2.40. The van der Waals surface area contributed by atoms with Gasteiger partial charge in [0.15, 0.2) is 0 Å². The Morgan fingerprint density at radius 2 is 2.18 bits per heavy atom. The third-order valence-electron chi connectivity index (χ3n) is 4.94. The third-order valence-corrected chi connectivity index (χ3v) is 5.62. The van der Waals surface area contributed by atoms with Crippen LogP contribution in [0.3, 0.4) is 0 Å². The van der Waals surface area contributed by atoms with Gasteiger partial charge in [0.1, 0.15) is 5.69 Å². The molecule has 2 aromatic rings. The Hall–Kier alpha value is -1.69. The number of nitrogens with one attached hydrogen (secondary N) is 2. The van der Waals surface area contributed by atoms with Crippen LogP contribution in [0.15, 0.2) is 23.0 Å². The quantitative estimate of drug-likeness (QED) is 0.908. The fraction of sp³-hybridized carbons (Fsp3) is 0.562. The van der Waals surface area contributed by atoms with Gasteiger partial charge in [-0.3, -0.25) is 4.79 Å². The van der Waals surface area contributed by atoms with Gasteiger partial charge in [0.25, 0.3) is 5.91 Å². The van der Waals surface area contributed by atoms with Crippen LogP contribution in [0.1, 0.15) is 55.6 Å². The lowest BCUT2D eigenvalue weighted by molar-refractivity contribution is 0.0813. The first-order valence-electron chi connectivity index (χ1n) is 7.80. The lowest BCUT2D eigenvalue weighted by atomic mass is 9.71. The minimum atomic E-state index is -0.480. The molecule has 0 saturated heterocycles. The molecular formula is C16H22N4OS. The van der Waals surface area contributed by atoms with Crippen molar-refractivity contribution in [1.82, 2.24) is 20.7 Å². The average molecular weight is 318 g/mol. The Morgan fingerprint density at radius 3 is 2.77 bits per heavy atom. The molecule has 1 aliphatic carbocycles. The van der Waals surface area contributed by atoms with Crippen LogP contribution in [-0.4, -0.2) is 21.3 Å². The summed E-state index contributed by atoms with van der Waals surface area (Å²) in [6.07, 6.45) is 6.34. The second kappa shape index (κ2) is 6.20. The minimum Gasteiger partial charge on any atom is -0.341 e. The third kappa shape index (κ3) is 2.92. The number of hydrogen-bond acceptors (Lipinski definition) is 4. The zero-order valence-electron chi connectivity index (χ0n) is 13.0. The fourth-order valence-corrected chi connectivity index (χ4v) is 4.00. The van der Waals surface area contributed by atoms with E-state index >= 15 is 0 Å². The predicted molar refractivity (Wildman–Crippen MR) is 86.6 cm³/mol. The van der Waals surface area contributed by atoms with Gasteiger partial charge in [-0.15, -0.1) is 0 Å². The maximum absolute atomic E-state index is 12.6. The Kier molecular flexibility index (Phi) is 4.29. The molecule has 0 aromatic carbocycles. The van der Waals surface area contributed by atoms with E-state index in [0.29, 0.717) is 11.5 Å². The summed E-state index contributed by atoms with van der Waals surface area (Å²) < 4.78 is 0. The monoisotopic (exact) mass is 318 g/mol. The summed E-state index contributed by atoms with van der Waals surface area (Å²) >= 11 is 1.53. The summed E-state index contributed by atoms with van der Waals surface area (Å²) in [5.41, 5.74) is 1.05. The van der Waals surface area contributed by atoms with Crippen molar-refractivity contribution < 1.29 is 4.79 Å². The highest BCUT2D eigenvalue weighted by atomic mass is 32.1. The van der Waals surface area contributed by atoms with Gasteiger partial charge in [0.2, 0.25) is 0 Å². The van der Waals surface area contributed by atoms with E-state index < -0.39 is 5.54 Å². The van der Waals surface area contributed by atoms with Crippen LogP contribution >= 0.6 is 11.3 Å². The number of thiophene rings is 1.